The van der Waals surface area contributed by atoms with Crippen molar-refractivity contribution < 1.29 is 9.59 Å². The molecule has 0 aliphatic heterocycles. The van der Waals surface area contributed by atoms with Crippen molar-refractivity contribution in [3.63, 3.8) is 0 Å². The number of aromatic nitrogens is 2. The lowest BCUT2D eigenvalue weighted by molar-refractivity contribution is 0.0910. The summed E-state index contributed by atoms with van der Waals surface area (Å²) in [6, 6.07) is 24.7. The molecule has 1 amide bonds. The van der Waals surface area contributed by atoms with Crippen molar-refractivity contribution in [2.24, 2.45) is 5.41 Å². The number of carbonyl (C=O) groups is 2. The Kier molecular flexibility index (Phi) is 5.73. The number of nitrogens with zero attached hydrogens (tertiary/aromatic N) is 2. The highest BCUT2D eigenvalue weighted by molar-refractivity contribution is 6.04. The van der Waals surface area contributed by atoms with Gasteiger partial charge in [-0.25, -0.2) is 4.68 Å². The van der Waals surface area contributed by atoms with E-state index in [0.717, 1.165) is 16.8 Å². The molecule has 0 spiro atoms. The van der Waals surface area contributed by atoms with E-state index >= 15 is 0 Å². The lowest BCUT2D eigenvalue weighted by Gasteiger charge is -2.29. The first-order chi connectivity index (χ1) is 16.8. The second-order valence-corrected chi connectivity index (χ2v) is 9.83. The van der Waals surface area contributed by atoms with Crippen LogP contribution in [0.2, 0.25) is 0 Å². The number of fused-ring (bicyclic) bond motifs is 1. The molecule has 1 aliphatic carbocycles. The number of ketones is 1. The fraction of sp³-hybridized carbons (Fsp3) is 0.207. The number of amides is 1. The third-order valence-corrected chi connectivity index (χ3v) is 6.41. The Balaban J connectivity index is 1.51. The minimum atomic E-state index is -0.198. The van der Waals surface area contributed by atoms with Gasteiger partial charge in [-0.15, -0.1) is 0 Å². The molecule has 0 unspecified atom stereocenters. The van der Waals surface area contributed by atoms with Gasteiger partial charge in [-0.05, 0) is 35.6 Å². The minimum Gasteiger partial charge on any atom is -0.397 e. The van der Waals surface area contributed by atoms with Crippen molar-refractivity contribution in [1.29, 1.82) is 0 Å². The summed E-state index contributed by atoms with van der Waals surface area (Å²) in [6.45, 7) is 4.62. The highest BCUT2D eigenvalue weighted by Gasteiger charge is 2.37. The molecule has 6 nitrogen and oxygen atoms in total. The maximum Gasteiger partial charge on any atom is 0.251 e. The van der Waals surface area contributed by atoms with Crippen LogP contribution in [0.25, 0.3) is 16.9 Å². The minimum absolute atomic E-state index is 0.0943. The average molecular weight is 465 g/mol. The Bertz CT molecular complexity index is 1410. The summed E-state index contributed by atoms with van der Waals surface area (Å²) in [7, 11) is 0. The van der Waals surface area contributed by atoms with Crippen LogP contribution in [0, 0.1) is 5.41 Å². The molecule has 5 rings (SSSR count). The largest absolute Gasteiger partial charge is 0.397 e. The van der Waals surface area contributed by atoms with Crippen molar-refractivity contribution in [3.05, 3.63) is 101 Å². The van der Waals surface area contributed by atoms with Crippen LogP contribution in [0.1, 0.15) is 52.2 Å². The monoisotopic (exact) mass is 464 g/mol. The van der Waals surface area contributed by atoms with E-state index in [1.165, 1.54) is 0 Å². The van der Waals surface area contributed by atoms with Gasteiger partial charge in [-0.1, -0.05) is 74.5 Å². The Morgan fingerprint density at radius 1 is 1.00 bits per heavy atom. The zero-order valence-corrected chi connectivity index (χ0v) is 19.9. The normalized spacial score (nSPS) is 14.4. The second-order valence-electron chi connectivity index (χ2n) is 9.83. The van der Waals surface area contributed by atoms with Gasteiger partial charge in [0.1, 0.15) is 5.69 Å². The molecule has 6 heteroatoms. The molecule has 176 valence electrons. The number of Topliss-reactive ketones (excluding diaryl/α,β-unsaturated/α-hetero) is 1. The van der Waals surface area contributed by atoms with E-state index in [1.54, 1.807) is 22.9 Å². The molecular weight excluding hydrogens is 436 g/mol. The topological polar surface area (TPSA) is 90.0 Å². The van der Waals surface area contributed by atoms with Crippen LogP contribution in [-0.4, -0.2) is 21.5 Å². The Morgan fingerprint density at radius 3 is 2.37 bits per heavy atom. The molecule has 1 heterocycles. The number of carbonyl (C=O) groups excluding carboxylic acids is 2. The number of benzene rings is 3. The molecular formula is C29H28N4O2. The zero-order valence-electron chi connectivity index (χ0n) is 19.9. The number of nitrogens with one attached hydrogen (secondary N) is 1. The van der Waals surface area contributed by atoms with Crippen molar-refractivity contribution >= 4 is 17.4 Å². The summed E-state index contributed by atoms with van der Waals surface area (Å²) in [6.07, 6.45) is 1.17. The quantitative estimate of drug-likeness (QED) is 0.397. The van der Waals surface area contributed by atoms with Crippen LogP contribution in [-0.2, 0) is 13.0 Å². The number of nitrogen functional groups attached to an aromatic ring is 1. The predicted octanol–water partition coefficient (Wildman–Crippen LogP) is 5.21. The summed E-state index contributed by atoms with van der Waals surface area (Å²) in [4.78, 5) is 26.0. The summed E-state index contributed by atoms with van der Waals surface area (Å²) >= 11 is 0. The fourth-order valence-electron chi connectivity index (χ4n) is 4.71. The van der Waals surface area contributed by atoms with Gasteiger partial charge in [-0.3, -0.25) is 9.59 Å². The Morgan fingerprint density at radius 2 is 1.69 bits per heavy atom. The lowest BCUT2D eigenvalue weighted by atomic mass is 9.75. The molecule has 0 atom stereocenters. The molecule has 0 saturated carbocycles. The molecule has 0 fully saturated rings. The van der Waals surface area contributed by atoms with Crippen molar-refractivity contribution in [3.8, 4) is 16.9 Å². The van der Waals surface area contributed by atoms with Crippen molar-refractivity contribution in [2.75, 3.05) is 5.73 Å². The summed E-state index contributed by atoms with van der Waals surface area (Å²) in [5.41, 5.74) is 12.0. The molecule has 3 aromatic carbocycles. The van der Waals surface area contributed by atoms with Gasteiger partial charge in [0.2, 0.25) is 0 Å². The van der Waals surface area contributed by atoms with Crippen LogP contribution in [0.15, 0.2) is 78.9 Å². The van der Waals surface area contributed by atoms with Crippen LogP contribution < -0.4 is 11.1 Å². The molecule has 1 aliphatic rings. The highest BCUT2D eigenvalue weighted by atomic mass is 16.1. The number of anilines is 1. The van der Waals surface area contributed by atoms with E-state index in [2.05, 4.69) is 19.2 Å². The first-order valence-corrected chi connectivity index (χ1v) is 11.7. The van der Waals surface area contributed by atoms with E-state index < -0.39 is 0 Å². The fourth-order valence-corrected chi connectivity index (χ4v) is 4.71. The van der Waals surface area contributed by atoms with Crippen LogP contribution >= 0.6 is 0 Å². The van der Waals surface area contributed by atoms with E-state index in [9.17, 15) is 9.59 Å². The predicted molar refractivity (Wildman–Crippen MR) is 137 cm³/mol. The van der Waals surface area contributed by atoms with Crippen molar-refractivity contribution in [1.82, 2.24) is 15.1 Å². The van der Waals surface area contributed by atoms with Gasteiger partial charge < -0.3 is 11.1 Å². The second kappa shape index (κ2) is 8.87. The summed E-state index contributed by atoms with van der Waals surface area (Å²) in [5, 5.41) is 7.81. The summed E-state index contributed by atoms with van der Waals surface area (Å²) < 4.78 is 1.79. The highest BCUT2D eigenvalue weighted by Crippen LogP contribution is 2.40. The Labute approximate surface area is 204 Å². The maximum atomic E-state index is 13.2. The first kappa shape index (κ1) is 22.6. The number of nitrogens with two attached hydrogens (primary N) is 1. The Hall–Kier alpha value is -4.19. The molecule has 0 saturated heterocycles. The number of hydrogen-bond donors (Lipinski definition) is 2. The van der Waals surface area contributed by atoms with E-state index in [1.807, 2.05) is 60.7 Å². The zero-order chi connectivity index (χ0) is 24.6. The van der Waals surface area contributed by atoms with Crippen LogP contribution in [0.4, 0.5) is 5.69 Å². The maximum absolute atomic E-state index is 13.2. The van der Waals surface area contributed by atoms with Gasteiger partial charge in [0.05, 0.1) is 22.6 Å². The van der Waals surface area contributed by atoms with Crippen LogP contribution in [0.5, 0.6) is 0 Å². The van der Waals surface area contributed by atoms with Gasteiger partial charge >= 0.3 is 0 Å². The van der Waals surface area contributed by atoms with E-state index in [4.69, 9.17) is 10.8 Å². The van der Waals surface area contributed by atoms with Crippen LogP contribution in [0.3, 0.4) is 0 Å². The third kappa shape index (κ3) is 4.47. The van der Waals surface area contributed by atoms with E-state index in [0.29, 0.717) is 47.6 Å². The van der Waals surface area contributed by atoms with Gasteiger partial charge in [-0.2, -0.15) is 5.10 Å². The van der Waals surface area contributed by atoms with Gasteiger partial charge in [0.15, 0.2) is 5.78 Å². The van der Waals surface area contributed by atoms with Gasteiger partial charge in [0, 0.05) is 24.1 Å². The third-order valence-electron chi connectivity index (χ3n) is 6.41. The molecule has 3 N–H and O–H groups in total. The molecule has 35 heavy (non-hydrogen) atoms. The molecule has 0 bridgehead atoms. The average Bonchev–Trinajstić information content (AvgIpc) is 3.22. The van der Waals surface area contributed by atoms with Crippen molar-refractivity contribution in [2.45, 2.75) is 33.2 Å². The molecule has 4 aromatic rings. The standard InChI is InChI=1S/C29H28N4O2/c1-29(2)16-24-26(25(34)17-29)27(20-11-7-4-8-12-20)32-33(24)23-14-13-21(15-22(23)30)28(35)31-18-19-9-5-3-6-10-19/h3-15H,16-18,30H2,1-2H3,(H,31,35). The smallest absolute Gasteiger partial charge is 0.251 e. The lowest BCUT2D eigenvalue weighted by Crippen LogP contribution is -2.28. The first-order valence-electron chi connectivity index (χ1n) is 11.7. The van der Waals surface area contributed by atoms with Gasteiger partial charge in [0.25, 0.3) is 5.91 Å². The number of rotatable bonds is 5. The SMILES string of the molecule is CC1(C)CC(=O)c2c(-c3ccccc3)nn(-c3ccc(C(=O)NCc4ccccc4)cc3N)c2C1. The molecule has 1 aromatic heterocycles. The number of hydrogen-bond acceptors (Lipinski definition) is 4. The molecule has 0 radical (unpaired) electrons. The van der Waals surface area contributed by atoms with E-state index in [-0.39, 0.29) is 17.1 Å². The summed E-state index contributed by atoms with van der Waals surface area (Å²) in [5.74, 6) is -0.104.